The first-order valence-electron chi connectivity index (χ1n) is 6.72. The molecule has 0 saturated carbocycles. The molecule has 98 valence electrons. The third kappa shape index (κ3) is 2.47. The van der Waals surface area contributed by atoms with E-state index >= 15 is 0 Å². The van der Waals surface area contributed by atoms with E-state index in [0.717, 1.165) is 35.2 Å². The lowest BCUT2D eigenvalue weighted by Gasteiger charge is -2.10. The van der Waals surface area contributed by atoms with Crippen molar-refractivity contribution in [2.45, 2.75) is 39.0 Å². The maximum atomic E-state index is 6.35. The summed E-state index contributed by atoms with van der Waals surface area (Å²) in [5.41, 5.74) is 4.36. The number of aryl methyl sites for hydroxylation is 2. The Morgan fingerprint density at radius 2 is 1.95 bits per heavy atom. The summed E-state index contributed by atoms with van der Waals surface area (Å²) >= 11 is 6.35. The number of nitrogens with zero attached hydrogens (tertiary/aromatic N) is 3. The van der Waals surface area contributed by atoms with Gasteiger partial charge in [0, 0.05) is 29.2 Å². The minimum absolute atomic E-state index is 0.616. The van der Waals surface area contributed by atoms with Gasteiger partial charge in [-0.25, -0.2) is 9.97 Å². The molecule has 2 aromatic rings. The van der Waals surface area contributed by atoms with Gasteiger partial charge in [0.05, 0.1) is 0 Å². The van der Waals surface area contributed by atoms with Gasteiger partial charge in [0.25, 0.3) is 0 Å². The molecule has 0 spiro atoms. The molecule has 19 heavy (non-hydrogen) atoms. The first-order chi connectivity index (χ1) is 9.25. The van der Waals surface area contributed by atoms with E-state index in [9.17, 15) is 0 Å². The van der Waals surface area contributed by atoms with Gasteiger partial charge in [-0.1, -0.05) is 18.0 Å². The molecule has 0 bridgehead atoms. The predicted molar refractivity (Wildman–Crippen MR) is 76.3 cm³/mol. The lowest BCUT2D eigenvalue weighted by Crippen LogP contribution is -2.03. The third-order valence-electron chi connectivity index (χ3n) is 3.66. The molecular weight excluding hydrogens is 258 g/mol. The van der Waals surface area contributed by atoms with E-state index in [1.807, 2.05) is 19.2 Å². The van der Waals surface area contributed by atoms with Gasteiger partial charge in [-0.05, 0) is 44.2 Å². The quantitative estimate of drug-likeness (QED) is 0.586. The molecule has 1 aliphatic rings. The Morgan fingerprint density at radius 1 is 1.11 bits per heavy atom. The van der Waals surface area contributed by atoms with Crippen molar-refractivity contribution in [2.24, 2.45) is 0 Å². The first kappa shape index (κ1) is 12.5. The molecule has 0 amide bonds. The lowest BCUT2D eigenvalue weighted by molar-refractivity contribution is 0.709. The molecule has 0 fully saturated rings. The Labute approximate surface area is 118 Å². The van der Waals surface area contributed by atoms with Crippen molar-refractivity contribution in [1.29, 1.82) is 0 Å². The number of fused-ring (bicyclic) bond motifs is 1. The Morgan fingerprint density at radius 3 is 2.79 bits per heavy atom. The molecule has 0 aliphatic heterocycles. The van der Waals surface area contributed by atoms with Crippen molar-refractivity contribution in [2.75, 3.05) is 0 Å². The van der Waals surface area contributed by atoms with Crippen molar-refractivity contribution in [3.05, 3.63) is 40.4 Å². The summed E-state index contributed by atoms with van der Waals surface area (Å²) in [4.78, 5) is 13.4. The maximum absolute atomic E-state index is 6.35. The van der Waals surface area contributed by atoms with E-state index in [1.165, 1.54) is 19.3 Å². The molecule has 1 aliphatic carbocycles. The van der Waals surface area contributed by atoms with Crippen LogP contribution in [0.2, 0.25) is 5.15 Å². The highest BCUT2D eigenvalue weighted by Gasteiger charge is 2.17. The lowest BCUT2D eigenvalue weighted by atomic mass is 10.1. The van der Waals surface area contributed by atoms with Crippen molar-refractivity contribution >= 4 is 11.6 Å². The van der Waals surface area contributed by atoms with Crippen LogP contribution < -0.4 is 0 Å². The Bertz CT molecular complexity index is 610. The van der Waals surface area contributed by atoms with Crippen molar-refractivity contribution in [3.8, 4) is 11.4 Å². The van der Waals surface area contributed by atoms with Crippen molar-refractivity contribution in [3.63, 3.8) is 0 Å². The van der Waals surface area contributed by atoms with Crippen LogP contribution in [-0.4, -0.2) is 15.0 Å². The summed E-state index contributed by atoms with van der Waals surface area (Å²) in [5, 5.41) is 0.616. The summed E-state index contributed by atoms with van der Waals surface area (Å²) in [7, 11) is 0. The van der Waals surface area contributed by atoms with E-state index in [4.69, 9.17) is 16.6 Å². The first-order valence-corrected chi connectivity index (χ1v) is 7.10. The molecular formula is C15H16ClN3. The van der Waals surface area contributed by atoms with Gasteiger partial charge >= 0.3 is 0 Å². The fourth-order valence-electron chi connectivity index (χ4n) is 2.54. The number of aromatic nitrogens is 3. The second-order valence-corrected chi connectivity index (χ2v) is 5.37. The molecule has 0 aromatic carbocycles. The zero-order chi connectivity index (χ0) is 13.2. The summed E-state index contributed by atoms with van der Waals surface area (Å²) in [5.74, 6) is 0.705. The Hall–Kier alpha value is -1.48. The summed E-state index contributed by atoms with van der Waals surface area (Å²) in [6.45, 7) is 2.04. The van der Waals surface area contributed by atoms with Crippen LogP contribution >= 0.6 is 11.6 Å². The number of pyridine rings is 1. The number of hydrogen-bond acceptors (Lipinski definition) is 3. The van der Waals surface area contributed by atoms with Crippen LogP contribution in [0.1, 0.15) is 36.1 Å². The van der Waals surface area contributed by atoms with Gasteiger partial charge in [0.1, 0.15) is 5.15 Å². The van der Waals surface area contributed by atoms with Crippen LogP contribution in [-0.2, 0) is 12.8 Å². The SMILES string of the molecule is Cc1ccncc1-c1nc(Cl)c2c(n1)CCCCC2. The van der Waals surface area contributed by atoms with Gasteiger partial charge < -0.3 is 0 Å². The van der Waals surface area contributed by atoms with Gasteiger partial charge in [-0.15, -0.1) is 0 Å². The van der Waals surface area contributed by atoms with Gasteiger partial charge in [-0.2, -0.15) is 0 Å². The van der Waals surface area contributed by atoms with Crippen LogP contribution in [0.5, 0.6) is 0 Å². The van der Waals surface area contributed by atoms with Gasteiger partial charge in [0.15, 0.2) is 5.82 Å². The number of halogens is 1. The minimum Gasteiger partial charge on any atom is -0.264 e. The topological polar surface area (TPSA) is 38.7 Å². The average molecular weight is 274 g/mol. The summed E-state index contributed by atoms with van der Waals surface area (Å²) in [6.07, 6.45) is 9.21. The van der Waals surface area contributed by atoms with E-state index in [2.05, 4.69) is 9.97 Å². The zero-order valence-corrected chi connectivity index (χ0v) is 11.7. The van der Waals surface area contributed by atoms with Gasteiger partial charge in [-0.3, -0.25) is 4.98 Å². The van der Waals surface area contributed by atoms with Crippen LogP contribution in [0.4, 0.5) is 0 Å². The number of hydrogen-bond donors (Lipinski definition) is 0. The van der Waals surface area contributed by atoms with E-state index in [0.29, 0.717) is 11.0 Å². The average Bonchev–Trinajstić information content (AvgIpc) is 2.65. The van der Waals surface area contributed by atoms with E-state index < -0.39 is 0 Å². The molecule has 2 heterocycles. The zero-order valence-electron chi connectivity index (χ0n) is 11.0. The second-order valence-electron chi connectivity index (χ2n) is 5.01. The highest BCUT2D eigenvalue weighted by atomic mass is 35.5. The molecule has 4 heteroatoms. The third-order valence-corrected chi connectivity index (χ3v) is 3.98. The van der Waals surface area contributed by atoms with Gasteiger partial charge in [0.2, 0.25) is 0 Å². The standard InChI is InChI=1S/C15H16ClN3/c1-10-7-8-17-9-12(10)15-18-13-6-4-2-3-5-11(13)14(16)19-15/h7-9H,2-6H2,1H3. The van der Waals surface area contributed by atoms with Crippen molar-refractivity contribution < 1.29 is 0 Å². The van der Waals surface area contributed by atoms with Crippen LogP contribution in [0.15, 0.2) is 18.5 Å². The van der Waals surface area contributed by atoms with Crippen LogP contribution in [0.3, 0.4) is 0 Å². The second kappa shape index (κ2) is 5.25. The molecule has 3 nitrogen and oxygen atoms in total. The number of rotatable bonds is 1. The summed E-state index contributed by atoms with van der Waals surface area (Å²) in [6, 6.07) is 1.97. The molecule has 0 saturated heterocycles. The Kier molecular flexibility index (Phi) is 3.47. The molecule has 0 atom stereocenters. The molecule has 0 radical (unpaired) electrons. The molecule has 0 unspecified atom stereocenters. The summed E-state index contributed by atoms with van der Waals surface area (Å²) < 4.78 is 0. The van der Waals surface area contributed by atoms with Crippen LogP contribution in [0.25, 0.3) is 11.4 Å². The largest absolute Gasteiger partial charge is 0.264 e. The maximum Gasteiger partial charge on any atom is 0.162 e. The van der Waals surface area contributed by atoms with E-state index in [1.54, 1.807) is 6.20 Å². The molecule has 0 N–H and O–H groups in total. The normalized spacial score (nSPS) is 14.8. The Balaban J connectivity index is 2.12. The fraction of sp³-hybridized carbons (Fsp3) is 0.400. The highest BCUT2D eigenvalue weighted by Crippen LogP contribution is 2.28. The predicted octanol–water partition coefficient (Wildman–Crippen LogP) is 3.77. The highest BCUT2D eigenvalue weighted by molar-refractivity contribution is 6.30. The fourth-order valence-corrected chi connectivity index (χ4v) is 2.83. The molecule has 2 aromatic heterocycles. The minimum atomic E-state index is 0.616. The monoisotopic (exact) mass is 273 g/mol. The smallest absolute Gasteiger partial charge is 0.162 e. The molecule has 3 rings (SSSR count). The van der Waals surface area contributed by atoms with Crippen molar-refractivity contribution in [1.82, 2.24) is 15.0 Å². The van der Waals surface area contributed by atoms with Crippen LogP contribution in [0, 0.1) is 6.92 Å². The van der Waals surface area contributed by atoms with E-state index in [-0.39, 0.29) is 0 Å².